The van der Waals surface area contributed by atoms with E-state index >= 15 is 0 Å². The monoisotopic (exact) mass is 354 g/mol. The topological polar surface area (TPSA) is 35.5 Å². The van der Waals surface area contributed by atoms with Crippen LogP contribution in [0.15, 0.2) is 17.7 Å². The SMILES string of the molecule is Cc1cc(Cl)cc2c1O[C@H](C(F)(F)F)C(C(=O)OC(C)Cl)=C2. The molecule has 1 aromatic rings. The Balaban J connectivity index is 2.53. The number of hydrogen-bond acceptors (Lipinski definition) is 3. The Morgan fingerprint density at radius 2 is 2.05 bits per heavy atom. The van der Waals surface area contributed by atoms with Gasteiger partial charge in [-0.25, -0.2) is 4.79 Å². The Labute approximate surface area is 134 Å². The fourth-order valence-electron chi connectivity index (χ4n) is 2.07. The van der Waals surface area contributed by atoms with Gasteiger partial charge in [-0.05, 0) is 37.6 Å². The van der Waals surface area contributed by atoms with Gasteiger partial charge < -0.3 is 9.47 Å². The zero-order chi connectivity index (χ0) is 16.7. The van der Waals surface area contributed by atoms with Crippen LogP contribution in [0.5, 0.6) is 5.75 Å². The van der Waals surface area contributed by atoms with Gasteiger partial charge in [0.2, 0.25) is 6.10 Å². The Morgan fingerprint density at radius 1 is 1.41 bits per heavy atom. The molecule has 1 aliphatic heterocycles. The maximum atomic E-state index is 13.2. The van der Waals surface area contributed by atoms with Crippen LogP contribution in [-0.4, -0.2) is 23.8 Å². The summed E-state index contributed by atoms with van der Waals surface area (Å²) in [5, 5.41) is 0.319. The lowest BCUT2D eigenvalue weighted by Gasteiger charge is -2.29. The highest BCUT2D eigenvalue weighted by molar-refractivity contribution is 6.31. The van der Waals surface area contributed by atoms with Gasteiger partial charge >= 0.3 is 12.1 Å². The van der Waals surface area contributed by atoms with E-state index in [1.807, 2.05) is 0 Å². The molecule has 3 nitrogen and oxygen atoms in total. The first-order valence-corrected chi connectivity index (χ1v) is 7.01. The van der Waals surface area contributed by atoms with Crippen molar-refractivity contribution in [3.8, 4) is 5.75 Å². The van der Waals surface area contributed by atoms with E-state index in [0.717, 1.165) is 6.08 Å². The van der Waals surface area contributed by atoms with Crippen LogP contribution in [0.4, 0.5) is 13.2 Å². The van der Waals surface area contributed by atoms with E-state index in [0.29, 0.717) is 10.6 Å². The van der Waals surface area contributed by atoms with E-state index in [9.17, 15) is 18.0 Å². The highest BCUT2D eigenvalue weighted by Gasteiger charge is 2.49. The summed E-state index contributed by atoms with van der Waals surface area (Å²) in [5.74, 6) is -1.16. The van der Waals surface area contributed by atoms with Gasteiger partial charge in [-0.3, -0.25) is 0 Å². The van der Waals surface area contributed by atoms with Gasteiger partial charge in [0, 0.05) is 10.6 Å². The third-order valence-electron chi connectivity index (χ3n) is 2.90. The molecule has 120 valence electrons. The zero-order valence-corrected chi connectivity index (χ0v) is 13.0. The summed E-state index contributed by atoms with van der Waals surface area (Å²) in [6, 6.07) is 2.89. The van der Waals surface area contributed by atoms with Gasteiger partial charge in [0.1, 0.15) is 5.75 Å². The average molecular weight is 355 g/mol. The molecule has 0 N–H and O–H groups in total. The number of esters is 1. The second kappa shape index (κ2) is 6.01. The number of hydrogen-bond donors (Lipinski definition) is 0. The number of aryl methyl sites for hydroxylation is 1. The van der Waals surface area contributed by atoms with Crippen molar-refractivity contribution in [2.75, 3.05) is 0 Å². The molecule has 22 heavy (non-hydrogen) atoms. The molecule has 1 aliphatic rings. The van der Waals surface area contributed by atoms with Crippen molar-refractivity contribution in [3.63, 3.8) is 0 Å². The molecule has 1 unspecified atom stereocenters. The molecule has 0 fully saturated rings. The Morgan fingerprint density at radius 3 is 2.59 bits per heavy atom. The summed E-state index contributed by atoms with van der Waals surface area (Å²) < 4.78 is 49.1. The van der Waals surface area contributed by atoms with E-state index in [2.05, 4.69) is 4.74 Å². The van der Waals surface area contributed by atoms with E-state index < -0.39 is 29.4 Å². The van der Waals surface area contributed by atoms with Crippen LogP contribution in [0.1, 0.15) is 18.1 Å². The van der Waals surface area contributed by atoms with Crippen molar-refractivity contribution < 1.29 is 27.4 Å². The van der Waals surface area contributed by atoms with Crippen LogP contribution in [0, 0.1) is 6.92 Å². The summed E-state index contributed by atoms with van der Waals surface area (Å²) in [5.41, 5.74) is -1.02. The van der Waals surface area contributed by atoms with Crippen molar-refractivity contribution >= 4 is 35.2 Å². The summed E-state index contributed by atoms with van der Waals surface area (Å²) in [4.78, 5) is 11.9. The number of alkyl halides is 4. The molecule has 0 saturated carbocycles. The van der Waals surface area contributed by atoms with Crippen LogP contribution in [0.3, 0.4) is 0 Å². The molecule has 1 heterocycles. The zero-order valence-electron chi connectivity index (χ0n) is 11.5. The molecule has 0 aromatic heterocycles. The second-order valence-electron chi connectivity index (χ2n) is 4.73. The molecular weight excluding hydrogens is 344 g/mol. The second-order valence-corrected chi connectivity index (χ2v) is 5.78. The smallest absolute Gasteiger partial charge is 0.430 e. The molecule has 0 saturated heterocycles. The number of carbonyl (C=O) groups is 1. The van der Waals surface area contributed by atoms with Gasteiger partial charge in [0.25, 0.3) is 0 Å². The summed E-state index contributed by atoms with van der Waals surface area (Å²) in [7, 11) is 0. The van der Waals surface area contributed by atoms with Crippen LogP contribution in [0.2, 0.25) is 5.02 Å². The standard InChI is InChI=1S/C14H11Cl2F3O3/c1-6-3-9(16)4-8-5-10(13(20)21-7(2)15)12(14(17,18)19)22-11(6)8/h3-5,7,12H,1-2H3/t7?,12-/m0/s1. The molecule has 0 amide bonds. The molecule has 0 bridgehead atoms. The first kappa shape index (κ1) is 17.0. The number of carbonyl (C=O) groups excluding carboxylic acids is 1. The van der Waals surface area contributed by atoms with Crippen molar-refractivity contribution in [1.82, 2.24) is 0 Å². The third kappa shape index (κ3) is 3.50. The highest BCUT2D eigenvalue weighted by atomic mass is 35.5. The van der Waals surface area contributed by atoms with Gasteiger partial charge in [-0.2, -0.15) is 13.2 Å². The number of ether oxygens (including phenoxy) is 2. The summed E-state index contributed by atoms with van der Waals surface area (Å²) >= 11 is 11.4. The maximum absolute atomic E-state index is 13.2. The van der Waals surface area contributed by atoms with E-state index in [4.69, 9.17) is 27.9 Å². The predicted octanol–water partition coefficient (Wildman–Crippen LogP) is 4.48. The van der Waals surface area contributed by atoms with Crippen molar-refractivity contribution in [2.24, 2.45) is 0 Å². The van der Waals surface area contributed by atoms with Crippen LogP contribution >= 0.6 is 23.2 Å². The first-order chi connectivity index (χ1) is 10.1. The van der Waals surface area contributed by atoms with Gasteiger partial charge in [0.05, 0.1) is 5.57 Å². The molecule has 2 atom stereocenters. The first-order valence-electron chi connectivity index (χ1n) is 6.19. The lowest BCUT2D eigenvalue weighted by Crippen LogP contribution is -2.41. The Bertz CT molecular complexity index is 639. The van der Waals surface area contributed by atoms with Gasteiger partial charge in [-0.1, -0.05) is 23.2 Å². The highest BCUT2D eigenvalue weighted by Crippen LogP contribution is 2.40. The number of halogens is 5. The molecule has 0 radical (unpaired) electrons. The summed E-state index contributed by atoms with van der Waals surface area (Å²) in [6.07, 6.45) is -6.12. The molecule has 2 rings (SSSR count). The summed E-state index contributed by atoms with van der Waals surface area (Å²) in [6.45, 7) is 2.89. The van der Waals surface area contributed by atoms with Crippen molar-refractivity contribution in [3.05, 3.63) is 33.9 Å². The maximum Gasteiger partial charge on any atom is 0.430 e. The van der Waals surface area contributed by atoms with E-state index in [1.165, 1.54) is 19.1 Å². The third-order valence-corrected chi connectivity index (χ3v) is 3.21. The molecule has 1 aromatic carbocycles. The minimum atomic E-state index is -4.77. The van der Waals surface area contributed by atoms with E-state index in [1.54, 1.807) is 6.92 Å². The molecule has 0 spiro atoms. The molecule has 8 heteroatoms. The fourth-order valence-corrected chi connectivity index (χ4v) is 2.44. The van der Waals surface area contributed by atoms with Gasteiger partial charge in [-0.15, -0.1) is 0 Å². The number of benzene rings is 1. The van der Waals surface area contributed by atoms with Crippen LogP contribution < -0.4 is 4.74 Å². The fraction of sp³-hybridized carbons (Fsp3) is 0.357. The minimum Gasteiger partial charge on any atom is -0.475 e. The van der Waals surface area contributed by atoms with Crippen LogP contribution in [0.25, 0.3) is 6.08 Å². The predicted molar refractivity (Wildman–Crippen MR) is 76.0 cm³/mol. The lowest BCUT2D eigenvalue weighted by atomic mass is 9.99. The van der Waals surface area contributed by atoms with Gasteiger partial charge in [0.15, 0.2) is 5.56 Å². The molecule has 0 aliphatic carbocycles. The average Bonchev–Trinajstić information content (AvgIpc) is 2.35. The molecular formula is C14H11Cl2F3O3. The van der Waals surface area contributed by atoms with Crippen molar-refractivity contribution in [2.45, 2.75) is 31.7 Å². The van der Waals surface area contributed by atoms with Crippen molar-refractivity contribution in [1.29, 1.82) is 0 Å². The van der Waals surface area contributed by atoms with E-state index in [-0.39, 0.29) is 11.3 Å². The number of rotatable bonds is 2. The van der Waals surface area contributed by atoms with Crippen LogP contribution in [-0.2, 0) is 9.53 Å². The quantitative estimate of drug-likeness (QED) is 0.580. The minimum absolute atomic E-state index is 0.0298. The lowest BCUT2D eigenvalue weighted by molar-refractivity contribution is -0.188. The normalized spacial score (nSPS) is 18.9. The number of fused-ring (bicyclic) bond motifs is 1. The Hall–Kier alpha value is -1.40. The largest absolute Gasteiger partial charge is 0.475 e. The Kier molecular flexibility index (Phi) is 4.63.